The molecule has 0 atom stereocenters. The van der Waals surface area contributed by atoms with Crippen molar-refractivity contribution in [3.05, 3.63) is 17.7 Å². The lowest BCUT2D eigenvalue weighted by atomic mass is 10.2. The van der Waals surface area contributed by atoms with E-state index < -0.39 is 29.8 Å². The maximum Gasteiger partial charge on any atom is 0.459 e. The molecule has 0 spiro atoms. The molecule has 6 nitrogen and oxygen atoms in total. The Balaban J connectivity index is 3.13. The first-order valence-corrected chi connectivity index (χ1v) is 3.83. The summed E-state index contributed by atoms with van der Waals surface area (Å²) in [6, 6.07) is -1.59. The molecule has 102 valence electrons. The summed E-state index contributed by atoms with van der Waals surface area (Å²) < 4.78 is 74.1. The van der Waals surface area contributed by atoms with Gasteiger partial charge in [-0.3, -0.25) is 4.89 Å². The van der Waals surface area contributed by atoms with Gasteiger partial charge in [0.1, 0.15) is 5.69 Å². The van der Waals surface area contributed by atoms with Crippen molar-refractivity contribution < 1.29 is 46.6 Å². The lowest BCUT2D eigenvalue weighted by molar-refractivity contribution is -0.595. The molecule has 1 aromatic rings. The number of alkyl halides is 5. The normalized spacial score (nSPS) is 12.6. The highest BCUT2D eigenvalue weighted by Gasteiger charge is 2.60. The van der Waals surface area contributed by atoms with Gasteiger partial charge in [0, 0.05) is 11.1 Å². The Morgan fingerprint density at radius 1 is 1.11 bits per heavy atom. The minimum absolute atomic E-state index is 0.236. The first-order valence-electron chi connectivity index (χ1n) is 3.83. The molecule has 0 saturated carbocycles. The van der Waals surface area contributed by atoms with Crippen molar-refractivity contribution in [1.82, 2.24) is 9.97 Å². The van der Waals surface area contributed by atoms with Gasteiger partial charge in [-0.1, -0.05) is 0 Å². The molecule has 0 bridgehead atoms. The van der Waals surface area contributed by atoms with Crippen molar-refractivity contribution >= 4 is 0 Å². The molecule has 0 unspecified atom stereocenters. The van der Waals surface area contributed by atoms with Gasteiger partial charge in [-0.25, -0.2) is 5.26 Å². The molecular weight excluding hydrogens is 278 g/mol. The summed E-state index contributed by atoms with van der Waals surface area (Å²) in [5.74, 6) is -7.16. The van der Waals surface area contributed by atoms with Crippen LogP contribution >= 0.6 is 0 Å². The molecule has 0 saturated heterocycles. The Bertz CT molecular complexity index is 425. The van der Waals surface area contributed by atoms with Gasteiger partial charge < -0.3 is 0 Å². The van der Waals surface area contributed by atoms with Gasteiger partial charge >= 0.3 is 18.1 Å². The molecule has 1 N–H and O–H groups in total. The first kappa shape index (κ1) is 14.4. The maximum atomic E-state index is 12.8. The highest BCUT2D eigenvalue weighted by molar-refractivity contribution is 5.14. The largest absolute Gasteiger partial charge is 0.459 e. The fourth-order valence-corrected chi connectivity index (χ4v) is 0.786. The van der Waals surface area contributed by atoms with Crippen LogP contribution in [0.5, 0.6) is 6.01 Å². The van der Waals surface area contributed by atoms with Crippen molar-refractivity contribution in [2.24, 2.45) is 0 Å². The average molecular weight is 280 g/mol. The van der Waals surface area contributed by atoms with Gasteiger partial charge in [0.2, 0.25) is 5.95 Å². The zero-order valence-electron chi connectivity index (χ0n) is 7.91. The number of aromatic nitrogens is 2. The molecule has 18 heavy (non-hydrogen) atoms. The van der Waals surface area contributed by atoms with E-state index in [1.54, 1.807) is 0 Å². The van der Waals surface area contributed by atoms with Gasteiger partial charge in [0.15, 0.2) is 0 Å². The summed E-state index contributed by atoms with van der Waals surface area (Å²) >= 11 is 0. The third-order valence-electron chi connectivity index (χ3n) is 1.49. The number of hydrogen-bond acceptors (Lipinski definition) is 6. The molecule has 0 aliphatic rings. The van der Waals surface area contributed by atoms with Crippen molar-refractivity contribution in [3.8, 4) is 6.01 Å². The second-order valence-corrected chi connectivity index (χ2v) is 2.66. The minimum Gasteiger partial charge on any atom is -0.263 e. The van der Waals surface area contributed by atoms with E-state index in [4.69, 9.17) is 5.26 Å². The molecule has 0 aliphatic carbocycles. The fraction of sp³-hybridized carbons (Fsp3) is 0.333. The standard InChI is InChI=1S/C6H2F6N2O4/c7-3-1-2(5(8,9)6(10,11)12)13-4(14-3)16-18-17-15/h1,15H. The van der Waals surface area contributed by atoms with Gasteiger partial charge in [-0.05, 0) is 5.04 Å². The van der Waals surface area contributed by atoms with Crippen molar-refractivity contribution in [2.75, 3.05) is 0 Å². The molecular formula is C6H2F6N2O4. The van der Waals surface area contributed by atoms with E-state index in [-0.39, 0.29) is 6.07 Å². The van der Waals surface area contributed by atoms with Gasteiger partial charge in [0.25, 0.3) is 0 Å². The Labute approximate surface area is 93.5 Å². The summed E-state index contributed by atoms with van der Waals surface area (Å²) in [5, 5.41) is 13.7. The van der Waals surface area contributed by atoms with E-state index >= 15 is 0 Å². The van der Waals surface area contributed by atoms with Crippen LogP contribution in [0.15, 0.2) is 6.07 Å². The van der Waals surface area contributed by atoms with E-state index in [1.807, 2.05) is 0 Å². The van der Waals surface area contributed by atoms with E-state index in [2.05, 4.69) is 24.9 Å². The third-order valence-corrected chi connectivity index (χ3v) is 1.49. The fourth-order valence-electron chi connectivity index (χ4n) is 0.786. The second-order valence-electron chi connectivity index (χ2n) is 2.66. The average Bonchev–Trinajstić information content (AvgIpc) is 2.24. The molecule has 0 amide bonds. The van der Waals surface area contributed by atoms with Crippen LogP contribution in [0.25, 0.3) is 0 Å². The zero-order chi connectivity index (χ0) is 14.0. The molecule has 1 heterocycles. The quantitative estimate of drug-likeness (QED) is 0.393. The monoisotopic (exact) mass is 280 g/mol. The molecule has 1 rings (SSSR count). The Kier molecular flexibility index (Phi) is 3.93. The smallest absolute Gasteiger partial charge is 0.263 e. The second kappa shape index (κ2) is 4.91. The zero-order valence-corrected chi connectivity index (χ0v) is 7.91. The Morgan fingerprint density at radius 2 is 1.72 bits per heavy atom. The van der Waals surface area contributed by atoms with Crippen molar-refractivity contribution in [3.63, 3.8) is 0 Å². The molecule has 0 radical (unpaired) electrons. The summed E-state index contributed by atoms with van der Waals surface area (Å²) in [5.41, 5.74) is -2.00. The van der Waals surface area contributed by atoms with Crippen LogP contribution in [-0.2, 0) is 16.0 Å². The lowest BCUT2D eigenvalue weighted by Crippen LogP contribution is -2.34. The molecule has 0 fully saturated rings. The Hall–Kier alpha value is -1.66. The summed E-state index contributed by atoms with van der Waals surface area (Å²) in [6.07, 6.45) is -5.99. The number of nitrogens with zero attached hydrogens (tertiary/aromatic N) is 2. The first-order chi connectivity index (χ1) is 8.18. The van der Waals surface area contributed by atoms with Crippen LogP contribution in [0.4, 0.5) is 26.3 Å². The predicted molar refractivity (Wildman–Crippen MR) is 37.4 cm³/mol. The SMILES string of the molecule is OOOOc1nc(F)cc(C(F)(F)C(F)(F)F)n1. The van der Waals surface area contributed by atoms with E-state index in [1.165, 1.54) is 0 Å². The minimum atomic E-state index is -5.99. The predicted octanol–water partition coefficient (Wildman–Crippen LogP) is 1.98. The molecule has 0 aliphatic heterocycles. The third kappa shape index (κ3) is 2.96. The van der Waals surface area contributed by atoms with Gasteiger partial charge in [-0.2, -0.15) is 36.3 Å². The van der Waals surface area contributed by atoms with Gasteiger partial charge in [0.05, 0.1) is 0 Å². The van der Waals surface area contributed by atoms with E-state index in [0.717, 1.165) is 0 Å². The highest BCUT2D eigenvalue weighted by atomic mass is 19.4. The van der Waals surface area contributed by atoms with Crippen LogP contribution in [0.3, 0.4) is 0 Å². The molecule has 12 heteroatoms. The van der Waals surface area contributed by atoms with Crippen molar-refractivity contribution in [2.45, 2.75) is 12.1 Å². The van der Waals surface area contributed by atoms with Crippen LogP contribution in [0.2, 0.25) is 0 Å². The maximum absolute atomic E-state index is 12.8. The summed E-state index contributed by atoms with van der Waals surface area (Å²) in [6.45, 7) is 0. The lowest BCUT2D eigenvalue weighted by Gasteiger charge is -2.18. The summed E-state index contributed by atoms with van der Waals surface area (Å²) in [7, 11) is 0. The molecule has 0 aromatic carbocycles. The topological polar surface area (TPSA) is 73.7 Å². The van der Waals surface area contributed by atoms with Crippen LogP contribution in [0.1, 0.15) is 5.69 Å². The van der Waals surface area contributed by atoms with Gasteiger partial charge in [-0.15, -0.1) is 0 Å². The number of rotatable bonds is 4. The van der Waals surface area contributed by atoms with Crippen molar-refractivity contribution in [1.29, 1.82) is 0 Å². The van der Waals surface area contributed by atoms with Crippen LogP contribution in [0, 0.1) is 5.95 Å². The number of halogens is 6. The van der Waals surface area contributed by atoms with Crippen LogP contribution < -0.4 is 4.89 Å². The van der Waals surface area contributed by atoms with E-state index in [9.17, 15) is 26.3 Å². The van der Waals surface area contributed by atoms with E-state index in [0.29, 0.717) is 0 Å². The molecule has 1 aromatic heterocycles. The highest BCUT2D eigenvalue weighted by Crippen LogP contribution is 2.43. The van der Waals surface area contributed by atoms with Crippen LogP contribution in [-0.4, -0.2) is 21.4 Å². The summed E-state index contributed by atoms with van der Waals surface area (Å²) in [4.78, 5) is 8.85. The Morgan fingerprint density at radius 3 is 2.22 bits per heavy atom. The number of hydrogen-bond donors (Lipinski definition) is 1.